The largest absolute Gasteiger partial charge is 0.293 e. The number of Topliss-reactive ketones (excluding diaryl/α,β-unsaturated/α-hetero) is 1. The van der Waals surface area contributed by atoms with Crippen LogP contribution in [0.5, 0.6) is 0 Å². The Morgan fingerprint density at radius 1 is 1.50 bits per heavy atom. The number of aromatic nitrogens is 2. The summed E-state index contributed by atoms with van der Waals surface area (Å²) in [6.45, 7) is 3.32. The lowest BCUT2D eigenvalue weighted by Crippen LogP contribution is -1.97. The van der Waals surface area contributed by atoms with Crippen LogP contribution in [0.3, 0.4) is 0 Å². The van der Waals surface area contributed by atoms with Crippen LogP contribution in [0.2, 0.25) is 0 Å². The predicted octanol–water partition coefficient (Wildman–Crippen LogP) is 0.988. The number of nitrogens with zero attached hydrogens (tertiary/aromatic N) is 2. The van der Waals surface area contributed by atoms with Crippen LogP contribution < -0.4 is 0 Å². The van der Waals surface area contributed by atoms with Gasteiger partial charge < -0.3 is 0 Å². The molecule has 0 bridgehead atoms. The highest BCUT2D eigenvalue weighted by atomic mass is 16.1. The molecule has 1 rings (SSSR count). The molecule has 10 heavy (non-hydrogen) atoms. The van der Waals surface area contributed by atoms with Gasteiger partial charge in [-0.05, 0) is 13.0 Å². The molecule has 0 fully saturated rings. The van der Waals surface area contributed by atoms with E-state index < -0.39 is 0 Å². The monoisotopic (exact) mass is 136 g/mol. The highest BCUT2D eigenvalue weighted by molar-refractivity contribution is 5.91. The van der Waals surface area contributed by atoms with Gasteiger partial charge in [-0.1, -0.05) is 0 Å². The minimum atomic E-state index is -0.0227. The van der Waals surface area contributed by atoms with E-state index in [-0.39, 0.29) is 5.78 Å². The Bertz CT molecular complexity index is 258. The van der Waals surface area contributed by atoms with Crippen molar-refractivity contribution < 1.29 is 4.79 Å². The molecule has 3 heteroatoms. The summed E-state index contributed by atoms with van der Waals surface area (Å²) in [5.74, 6) is -0.0227. The van der Waals surface area contributed by atoms with E-state index >= 15 is 0 Å². The lowest BCUT2D eigenvalue weighted by atomic mass is 10.3. The summed E-state index contributed by atoms with van der Waals surface area (Å²) in [6, 6.07) is 1.67. The zero-order valence-electron chi connectivity index (χ0n) is 5.96. The molecule has 0 N–H and O–H groups in total. The summed E-state index contributed by atoms with van der Waals surface area (Å²) in [4.78, 5) is 18.3. The van der Waals surface area contributed by atoms with Crippen molar-refractivity contribution in [2.45, 2.75) is 13.8 Å². The third-order valence-corrected chi connectivity index (χ3v) is 1.16. The number of carbonyl (C=O) groups excluding carboxylic acids is 1. The number of hydrogen-bond donors (Lipinski definition) is 0. The Hall–Kier alpha value is -1.25. The molecule has 3 nitrogen and oxygen atoms in total. The van der Waals surface area contributed by atoms with Crippen LogP contribution in [-0.4, -0.2) is 15.8 Å². The van der Waals surface area contributed by atoms with E-state index in [4.69, 9.17) is 0 Å². The number of carbonyl (C=O) groups is 1. The van der Waals surface area contributed by atoms with Gasteiger partial charge in [0.25, 0.3) is 0 Å². The third-order valence-electron chi connectivity index (χ3n) is 1.16. The highest BCUT2D eigenvalue weighted by Gasteiger charge is 1.98. The molecule has 0 atom stereocenters. The molecule has 0 spiro atoms. The fourth-order valence-corrected chi connectivity index (χ4v) is 0.647. The van der Waals surface area contributed by atoms with Gasteiger partial charge in [0.2, 0.25) is 0 Å². The van der Waals surface area contributed by atoms with Crippen molar-refractivity contribution in [2.75, 3.05) is 0 Å². The third kappa shape index (κ3) is 1.37. The second-order valence-electron chi connectivity index (χ2n) is 2.10. The maximum atomic E-state index is 10.7. The highest BCUT2D eigenvalue weighted by Crippen LogP contribution is 1.96. The van der Waals surface area contributed by atoms with Gasteiger partial charge in [-0.15, -0.1) is 0 Å². The fraction of sp³-hybridized carbons (Fsp3) is 0.286. The fourth-order valence-electron chi connectivity index (χ4n) is 0.647. The first-order valence-electron chi connectivity index (χ1n) is 3.00. The lowest BCUT2D eigenvalue weighted by Gasteiger charge is -1.93. The Labute approximate surface area is 59.1 Å². The molecule has 0 aliphatic carbocycles. The van der Waals surface area contributed by atoms with E-state index in [9.17, 15) is 4.79 Å². The Balaban J connectivity index is 3.07. The summed E-state index contributed by atoms with van der Waals surface area (Å²) >= 11 is 0. The SMILES string of the molecule is CC(=O)c1cc(C)ncn1. The summed E-state index contributed by atoms with van der Waals surface area (Å²) in [5, 5.41) is 0. The minimum Gasteiger partial charge on any atom is -0.293 e. The molecule has 0 unspecified atom stereocenters. The van der Waals surface area contributed by atoms with E-state index in [2.05, 4.69) is 9.97 Å². The van der Waals surface area contributed by atoms with E-state index in [1.807, 2.05) is 6.92 Å². The van der Waals surface area contributed by atoms with Crippen molar-refractivity contribution in [3.8, 4) is 0 Å². The smallest absolute Gasteiger partial charge is 0.178 e. The quantitative estimate of drug-likeness (QED) is 0.540. The first kappa shape index (κ1) is 6.86. The molecular weight excluding hydrogens is 128 g/mol. The average molecular weight is 136 g/mol. The lowest BCUT2D eigenvalue weighted by molar-refractivity contribution is 0.101. The number of rotatable bonds is 1. The van der Waals surface area contributed by atoms with Crippen LogP contribution in [0.15, 0.2) is 12.4 Å². The molecule has 0 aromatic carbocycles. The summed E-state index contributed by atoms with van der Waals surface area (Å²) in [6.07, 6.45) is 1.39. The van der Waals surface area contributed by atoms with Gasteiger partial charge in [-0.3, -0.25) is 4.79 Å². The summed E-state index contributed by atoms with van der Waals surface area (Å²) < 4.78 is 0. The normalized spacial score (nSPS) is 9.40. The van der Waals surface area contributed by atoms with Gasteiger partial charge >= 0.3 is 0 Å². The molecule has 52 valence electrons. The van der Waals surface area contributed by atoms with Gasteiger partial charge in [0.1, 0.15) is 12.0 Å². The Morgan fingerprint density at radius 2 is 2.20 bits per heavy atom. The summed E-state index contributed by atoms with van der Waals surface area (Å²) in [7, 11) is 0. The topological polar surface area (TPSA) is 42.9 Å². The maximum absolute atomic E-state index is 10.7. The van der Waals surface area contributed by atoms with Crippen LogP contribution in [0.1, 0.15) is 23.1 Å². The van der Waals surface area contributed by atoms with Crippen LogP contribution in [0.25, 0.3) is 0 Å². The molecule has 0 radical (unpaired) electrons. The molecule has 0 aliphatic heterocycles. The van der Waals surface area contributed by atoms with Crippen molar-refractivity contribution >= 4 is 5.78 Å². The summed E-state index contributed by atoms with van der Waals surface area (Å²) in [5.41, 5.74) is 1.30. The molecule has 1 aromatic heterocycles. The molecule has 0 amide bonds. The number of aryl methyl sites for hydroxylation is 1. The molecule has 0 saturated heterocycles. The average Bonchev–Trinajstić information content (AvgIpc) is 1.88. The van der Waals surface area contributed by atoms with Gasteiger partial charge in [-0.2, -0.15) is 0 Å². The molecule has 1 heterocycles. The van der Waals surface area contributed by atoms with Crippen LogP contribution in [0, 0.1) is 6.92 Å². The zero-order valence-corrected chi connectivity index (χ0v) is 5.96. The van der Waals surface area contributed by atoms with Crippen molar-refractivity contribution in [3.05, 3.63) is 23.8 Å². The molecule has 0 aliphatic rings. The minimum absolute atomic E-state index is 0.0227. The van der Waals surface area contributed by atoms with E-state index in [1.165, 1.54) is 13.3 Å². The predicted molar refractivity (Wildman–Crippen MR) is 36.8 cm³/mol. The van der Waals surface area contributed by atoms with Crippen molar-refractivity contribution in [1.82, 2.24) is 9.97 Å². The Kier molecular flexibility index (Phi) is 1.76. The molecule has 1 aromatic rings. The number of hydrogen-bond acceptors (Lipinski definition) is 3. The zero-order chi connectivity index (χ0) is 7.56. The first-order valence-corrected chi connectivity index (χ1v) is 3.00. The van der Waals surface area contributed by atoms with Crippen LogP contribution in [0.4, 0.5) is 0 Å². The Morgan fingerprint density at radius 3 is 2.60 bits per heavy atom. The maximum Gasteiger partial charge on any atom is 0.178 e. The van der Waals surface area contributed by atoms with Crippen LogP contribution >= 0.6 is 0 Å². The number of ketones is 1. The van der Waals surface area contributed by atoms with E-state index in [0.717, 1.165) is 5.69 Å². The molecular formula is C7H8N2O. The first-order chi connectivity index (χ1) is 4.70. The second kappa shape index (κ2) is 2.56. The van der Waals surface area contributed by atoms with Crippen molar-refractivity contribution in [1.29, 1.82) is 0 Å². The van der Waals surface area contributed by atoms with Gasteiger partial charge in [0, 0.05) is 12.6 Å². The van der Waals surface area contributed by atoms with Crippen molar-refractivity contribution in [3.63, 3.8) is 0 Å². The van der Waals surface area contributed by atoms with Crippen molar-refractivity contribution in [2.24, 2.45) is 0 Å². The van der Waals surface area contributed by atoms with Gasteiger partial charge in [0.05, 0.1) is 0 Å². The van der Waals surface area contributed by atoms with Gasteiger partial charge in [-0.25, -0.2) is 9.97 Å². The second-order valence-corrected chi connectivity index (χ2v) is 2.10. The molecule has 0 saturated carbocycles. The van der Waals surface area contributed by atoms with E-state index in [0.29, 0.717) is 5.69 Å². The van der Waals surface area contributed by atoms with E-state index in [1.54, 1.807) is 6.07 Å². The standard InChI is InChI=1S/C7H8N2O/c1-5-3-7(6(2)10)9-4-8-5/h3-4H,1-2H3. The van der Waals surface area contributed by atoms with Crippen LogP contribution in [-0.2, 0) is 0 Å². The van der Waals surface area contributed by atoms with Gasteiger partial charge in [0.15, 0.2) is 5.78 Å².